The Labute approximate surface area is 112 Å². The summed E-state index contributed by atoms with van der Waals surface area (Å²) in [7, 11) is 1.62. The normalized spacial score (nSPS) is 10.3. The maximum absolute atomic E-state index is 9.41. The van der Waals surface area contributed by atoms with Gasteiger partial charge >= 0.3 is 0 Å². The van der Waals surface area contributed by atoms with Crippen LogP contribution < -0.4 is 9.47 Å². The van der Waals surface area contributed by atoms with Crippen molar-refractivity contribution < 1.29 is 14.6 Å². The number of pyridine rings is 1. The predicted octanol–water partition coefficient (Wildman–Crippen LogP) is 2.99. The van der Waals surface area contributed by atoms with Crippen molar-refractivity contribution in [1.82, 2.24) is 4.98 Å². The molecule has 1 aromatic heterocycles. The lowest BCUT2D eigenvalue weighted by Gasteiger charge is -2.12. The largest absolute Gasteiger partial charge is 0.497 e. The lowest BCUT2D eigenvalue weighted by molar-refractivity contribution is 0.274. The molecule has 0 saturated heterocycles. The summed E-state index contributed by atoms with van der Waals surface area (Å²) in [6.45, 7) is 3.74. The average molecular weight is 259 g/mol. The van der Waals surface area contributed by atoms with E-state index in [1.54, 1.807) is 19.2 Å². The third-order valence-corrected chi connectivity index (χ3v) is 2.87. The first-order chi connectivity index (χ1) is 9.13. The van der Waals surface area contributed by atoms with Gasteiger partial charge in [-0.25, -0.2) is 4.98 Å². The van der Waals surface area contributed by atoms with E-state index in [-0.39, 0.29) is 6.61 Å². The van der Waals surface area contributed by atoms with Crippen LogP contribution in [0.1, 0.15) is 16.8 Å². The molecule has 2 aromatic rings. The molecule has 0 unspecified atom stereocenters. The van der Waals surface area contributed by atoms with E-state index >= 15 is 0 Å². The molecule has 0 saturated carbocycles. The van der Waals surface area contributed by atoms with Crippen LogP contribution in [0.5, 0.6) is 17.4 Å². The molecule has 0 aliphatic rings. The monoisotopic (exact) mass is 259 g/mol. The van der Waals surface area contributed by atoms with Gasteiger partial charge in [0.05, 0.1) is 13.7 Å². The van der Waals surface area contributed by atoms with Crippen LogP contribution in [0.25, 0.3) is 0 Å². The van der Waals surface area contributed by atoms with Crippen LogP contribution in [0.4, 0.5) is 0 Å². The van der Waals surface area contributed by atoms with Gasteiger partial charge in [-0.2, -0.15) is 0 Å². The number of benzene rings is 1. The Balaban J connectivity index is 2.31. The van der Waals surface area contributed by atoms with Gasteiger partial charge < -0.3 is 14.6 Å². The summed E-state index contributed by atoms with van der Waals surface area (Å²) >= 11 is 0. The van der Waals surface area contributed by atoms with E-state index in [9.17, 15) is 5.11 Å². The van der Waals surface area contributed by atoms with Crippen LogP contribution in [0.15, 0.2) is 30.3 Å². The molecule has 0 atom stereocenters. The fourth-order valence-corrected chi connectivity index (χ4v) is 1.86. The minimum absolute atomic E-state index is 0.0927. The summed E-state index contributed by atoms with van der Waals surface area (Å²) in [4.78, 5) is 4.33. The van der Waals surface area contributed by atoms with Crippen LogP contribution in [-0.4, -0.2) is 17.2 Å². The highest BCUT2D eigenvalue weighted by atomic mass is 16.5. The smallest absolute Gasteiger partial charge is 0.225 e. The SMILES string of the molecule is COc1ccc(Oc2nc(C)cc(C)c2CO)cc1. The molecule has 0 spiro atoms. The highest BCUT2D eigenvalue weighted by molar-refractivity contribution is 5.39. The second kappa shape index (κ2) is 5.71. The second-order valence-corrected chi connectivity index (χ2v) is 4.30. The van der Waals surface area contributed by atoms with Gasteiger partial charge in [0.25, 0.3) is 0 Å². The molecule has 1 N–H and O–H groups in total. The molecular formula is C15H17NO3. The Hall–Kier alpha value is -2.07. The van der Waals surface area contributed by atoms with Crippen molar-refractivity contribution >= 4 is 0 Å². The first-order valence-electron chi connectivity index (χ1n) is 6.04. The number of aromatic nitrogens is 1. The van der Waals surface area contributed by atoms with Crippen molar-refractivity contribution in [3.05, 3.63) is 47.2 Å². The molecule has 19 heavy (non-hydrogen) atoms. The number of aliphatic hydroxyl groups is 1. The minimum atomic E-state index is -0.0927. The molecule has 4 heteroatoms. The van der Waals surface area contributed by atoms with E-state index in [1.807, 2.05) is 32.0 Å². The van der Waals surface area contributed by atoms with E-state index in [1.165, 1.54) is 0 Å². The Morgan fingerprint density at radius 1 is 1.11 bits per heavy atom. The fourth-order valence-electron chi connectivity index (χ4n) is 1.86. The van der Waals surface area contributed by atoms with Crippen molar-refractivity contribution in [1.29, 1.82) is 0 Å². The third kappa shape index (κ3) is 3.03. The quantitative estimate of drug-likeness (QED) is 0.917. The van der Waals surface area contributed by atoms with Crippen LogP contribution >= 0.6 is 0 Å². The van der Waals surface area contributed by atoms with Gasteiger partial charge in [0.2, 0.25) is 5.88 Å². The zero-order valence-corrected chi connectivity index (χ0v) is 11.3. The minimum Gasteiger partial charge on any atom is -0.497 e. The molecule has 0 aliphatic heterocycles. The van der Waals surface area contributed by atoms with Crippen LogP contribution in [0.3, 0.4) is 0 Å². The topological polar surface area (TPSA) is 51.6 Å². The Morgan fingerprint density at radius 2 is 1.74 bits per heavy atom. The predicted molar refractivity (Wildman–Crippen MR) is 72.7 cm³/mol. The summed E-state index contributed by atoms with van der Waals surface area (Å²) < 4.78 is 10.8. The molecule has 0 radical (unpaired) electrons. The summed E-state index contributed by atoms with van der Waals surface area (Å²) in [6.07, 6.45) is 0. The summed E-state index contributed by atoms with van der Waals surface area (Å²) in [5, 5.41) is 9.41. The van der Waals surface area contributed by atoms with Crippen molar-refractivity contribution in [3.8, 4) is 17.4 Å². The molecule has 0 aliphatic carbocycles. The zero-order chi connectivity index (χ0) is 13.8. The van der Waals surface area contributed by atoms with Crippen LogP contribution in [0, 0.1) is 13.8 Å². The Bertz CT molecular complexity index is 564. The molecule has 0 fully saturated rings. The number of methoxy groups -OCH3 is 1. The van der Waals surface area contributed by atoms with Crippen molar-refractivity contribution in [3.63, 3.8) is 0 Å². The number of aliphatic hydroxyl groups excluding tert-OH is 1. The van der Waals surface area contributed by atoms with Gasteiger partial charge in [-0.3, -0.25) is 0 Å². The number of ether oxygens (including phenoxy) is 2. The van der Waals surface area contributed by atoms with Gasteiger partial charge in [-0.1, -0.05) is 0 Å². The number of hydrogen-bond acceptors (Lipinski definition) is 4. The molecular weight excluding hydrogens is 242 g/mol. The van der Waals surface area contributed by atoms with Crippen molar-refractivity contribution in [2.75, 3.05) is 7.11 Å². The van der Waals surface area contributed by atoms with E-state index in [4.69, 9.17) is 9.47 Å². The second-order valence-electron chi connectivity index (χ2n) is 4.30. The third-order valence-electron chi connectivity index (χ3n) is 2.87. The van der Waals surface area contributed by atoms with E-state index < -0.39 is 0 Å². The molecule has 4 nitrogen and oxygen atoms in total. The highest BCUT2D eigenvalue weighted by Crippen LogP contribution is 2.27. The van der Waals surface area contributed by atoms with E-state index in [0.29, 0.717) is 17.2 Å². The maximum Gasteiger partial charge on any atom is 0.225 e. The first kappa shape index (κ1) is 13.4. The van der Waals surface area contributed by atoms with E-state index in [2.05, 4.69) is 4.98 Å². The molecule has 0 amide bonds. The molecule has 2 rings (SSSR count). The number of aryl methyl sites for hydroxylation is 2. The molecule has 100 valence electrons. The molecule has 0 bridgehead atoms. The zero-order valence-electron chi connectivity index (χ0n) is 11.3. The summed E-state index contributed by atoms with van der Waals surface area (Å²) in [5.74, 6) is 1.88. The van der Waals surface area contributed by atoms with Gasteiger partial charge in [0.15, 0.2) is 0 Å². The Morgan fingerprint density at radius 3 is 2.32 bits per heavy atom. The van der Waals surface area contributed by atoms with Gasteiger partial charge in [0, 0.05) is 11.3 Å². The average Bonchev–Trinajstić information content (AvgIpc) is 2.39. The first-order valence-corrected chi connectivity index (χ1v) is 6.04. The summed E-state index contributed by atoms with van der Waals surface area (Å²) in [5.41, 5.74) is 2.54. The van der Waals surface area contributed by atoms with Crippen LogP contribution in [0.2, 0.25) is 0 Å². The van der Waals surface area contributed by atoms with Gasteiger partial charge in [0.1, 0.15) is 11.5 Å². The van der Waals surface area contributed by atoms with Crippen LogP contribution in [-0.2, 0) is 6.61 Å². The Kier molecular flexibility index (Phi) is 4.02. The van der Waals surface area contributed by atoms with Gasteiger partial charge in [-0.15, -0.1) is 0 Å². The lowest BCUT2D eigenvalue weighted by atomic mass is 10.1. The fraction of sp³-hybridized carbons (Fsp3) is 0.267. The molecule has 1 heterocycles. The molecule has 1 aromatic carbocycles. The highest BCUT2D eigenvalue weighted by Gasteiger charge is 2.10. The van der Waals surface area contributed by atoms with E-state index in [0.717, 1.165) is 17.0 Å². The van der Waals surface area contributed by atoms with Crippen molar-refractivity contribution in [2.24, 2.45) is 0 Å². The number of rotatable bonds is 4. The van der Waals surface area contributed by atoms with Crippen molar-refractivity contribution in [2.45, 2.75) is 20.5 Å². The summed E-state index contributed by atoms with van der Waals surface area (Å²) in [6, 6.07) is 9.16. The van der Waals surface area contributed by atoms with Gasteiger partial charge in [-0.05, 0) is 49.7 Å². The number of hydrogen-bond donors (Lipinski definition) is 1. The lowest BCUT2D eigenvalue weighted by Crippen LogP contribution is -1.99. The maximum atomic E-state index is 9.41. The standard InChI is InChI=1S/C15H17NO3/c1-10-8-11(2)16-15(14(10)9-17)19-13-6-4-12(18-3)5-7-13/h4-8,17H,9H2,1-3H3. The number of nitrogens with zero attached hydrogens (tertiary/aromatic N) is 1.